The number of pyridine rings is 2. The molecule has 0 unspecified atom stereocenters. The summed E-state index contributed by atoms with van der Waals surface area (Å²) in [5.74, 6) is 0. The minimum absolute atomic E-state index is 0.0805. The summed E-state index contributed by atoms with van der Waals surface area (Å²) in [5.41, 5.74) is 6.22. The summed E-state index contributed by atoms with van der Waals surface area (Å²) in [4.78, 5) is 24.7. The van der Waals surface area contributed by atoms with Crippen molar-refractivity contribution in [2.24, 2.45) is 0 Å². The first-order valence-corrected chi connectivity index (χ1v) is 11.0. The first kappa shape index (κ1) is 20.0. The monoisotopic (exact) mass is 423 g/mol. The molecule has 0 aliphatic rings. The first-order valence-electron chi connectivity index (χ1n) is 11.0. The molecule has 4 aromatic heterocycles. The van der Waals surface area contributed by atoms with E-state index in [1.54, 1.807) is 10.8 Å². The van der Waals surface area contributed by atoms with Crippen molar-refractivity contribution in [1.82, 2.24) is 24.8 Å². The van der Waals surface area contributed by atoms with Gasteiger partial charge in [-0.25, -0.2) is 9.78 Å². The standard InChI is InChI=1S/C26H25N5O/c1-2-3-11-28-26(32)31-12-9-22-18(6-4-8-24(22)31)13-21-17-30-25-23(21)14-20(16-29-25)19-7-5-10-27-15-19/h4-10,12,14-17H,2-3,11,13H2,1H3,(H,28,32)(H,29,30). The summed E-state index contributed by atoms with van der Waals surface area (Å²) in [6, 6.07) is 14.2. The van der Waals surface area contributed by atoms with Crippen LogP contribution in [0.1, 0.15) is 30.9 Å². The summed E-state index contributed by atoms with van der Waals surface area (Å²) in [7, 11) is 0. The smallest absolute Gasteiger partial charge is 0.326 e. The van der Waals surface area contributed by atoms with Gasteiger partial charge in [0.15, 0.2) is 0 Å². The van der Waals surface area contributed by atoms with Gasteiger partial charge < -0.3 is 10.3 Å². The van der Waals surface area contributed by atoms with E-state index in [0.29, 0.717) is 6.54 Å². The third kappa shape index (κ3) is 3.75. The quantitative estimate of drug-likeness (QED) is 0.353. The van der Waals surface area contributed by atoms with E-state index in [4.69, 9.17) is 0 Å². The maximum absolute atomic E-state index is 12.6. The highest BCUT2D eigenvalue weighted by molar-refractivity contribution is 5.94. The molecule has 0 fully saturated rings. The number of carbonyl (C=O) groups excluding carboxylic acids is 1. The Morgan fingerprint density at radius 3 is 2.84 bits per heavy atom. The summed E-state index contributed by atoms with van der Waals surface area (Å²) in [5, 5.41) is 5.18. The molecule has 0 aliphatic heterocycles. The summed E-state index contributed by atoms with van der Waals surface area (Å²) < 4.78 is 1.70. The van der Waals surface area contributed by atoms with Gasteiger partial charge in [0.25, 0.3) is 0 Å². The molecule has 0 atom stereocenters. The Morgan fingerprint density at radius 1 is 1.06 bits per heavy atom. The van der Waals surface area contributed by atoms with Gasteiger partial charge in [0.05, 0.1) is 5.52 Å². The number of nitrogens with one attached hydrogen (secondary N) is 2. The van der Waals surface area contributed by atoms with Crippen molar-refractivity contribution in [3.8, 4) is 11.1 Å². The molecule has 0 radical (unpaired) electrons. The lowest BCUT2D eigenvalue weighted by atomic mass is 10.0. The van der Waals surface area contributed by atoms with Crippen LogP contribution in [0.2, 0.25) is 0 Å². The fourth-order valence-electron chi connectivity index (χ4n) is 4.12. The number of H-pyrrole nitrogens is 1. The Morgan fingerprint density at radius 2 is 2.00 bits per heavy atom. The van der Waals surface area contributed by atoms with Gasteiger partial charge in [-0.05, 0) is 41.8 Å². The molecule has 5 aromatic rings. The average Bonchev–Trinajstić information content (AvgIpc) is 3.44. The molecule has 4 heterocycles. The SMILES string of the molecule is CCCCNC(=O)n1ccc2c(Cc3c[nH]c4ncc(-c5cccnc5)cc34)cccc21. The first-order chi connectivity index (χ1) is 15.7. The summed E-state index contributed by atoms with van der Waals surface area (Å²) in [6.45, 7) is 2.81. The second-order valence-electron chi connectivity index (χ2n) is 7.97. The van der Waals surface area contributed by atoms with Gasteiger partial charge in [0, 0.05) is 65.8 Å². The highest BCUT2D eigenvalue weighted by atomic mass is 16.2. The zero-order valence-corrected chi connectivity index (χ0v) is 18.0. The lowest BCUT2D eigenvalue weighted by Crippen LogP contribution is -2.28. The van der Waals surface area contributed by atoms with E-state index in [-0.39, 0.29) is 6.03 Å². The number of fused-ring (bicyclic) bond motifs is 2. The molecule has 0 spiro atoms. The van der Waals surface area contributed by atoms with Crippen molar-refractivity contribution in [3.05, 3.63) is 84.6 Å². The Hall–Kier alpha value is -3.93. The topological polar surface area (TPSA) is 75.6 Å². The van der Waals surface area contributed by atoms with Crippen LogP contribution in [0, 0.1) is 0 Å². The van der Waals surface area contributed by atoms with Crippen LogP contribution in [0.3, 0.4) is 0 Å². The van der Waals surface area contributed by atoms with E-state index in [1.807, 2.05) is 55.1 Å². The number of hydrogen-bond donors (Lipinski definition) is 2. The fourth-order valence-corrected chi connectivity index (χ4v) is 4.12. The van der Waals surface area contributed by atoms with Crippen molar-refractivity contribution < 1.29 is 4.79 Å². The van der Waals surface area contributed by atoms with E-state index in [2.05, 4.69) is 39.3 Å². The predicted octanol–water partition coefficient (Wildman–Crippen LogP) is 5.53. The molecule has 0 bridgehead atoms. The predicted molar refractivity (Wildman–Crippen MR) is 128 cm³/mol. The lowest BCUT2D eigenvalue weighted by molar-refractivity contribution is 0.243. The number of unbranched alkanes of at least 4 members (excludes halogenated alkanes) is 1. The molecule has 6 heteroatoms. The highest BCUT2D eigenvalue weighted by Gasteiger charge is 2.13. The number of rotatable bonds is 6. The van der Waals surface area contributed by atoms with Gasteiger partial charge in [0.1, 0.15) is 5.65 Å². The fraction of sp³-hybridized carbons (Fsp3) is 0.192. The molecule has 0 aliphatic carbocycles. The van der Waals surface area contributed by atoms with Gasteiger partial charge >= 0.3 is 6.03 Å². The number of hydrogen-bond acceptors (Lipinski definition) is 3. The molecule has 1 aromatic carbocycles. The second-order valence-corrected chi connectivity index (χ2v) is 7.97. The highest BCUT2D eigenvalue weighted by Crippen LogP contribution is 2.28. The van der Waals surface area contributed by atoms with Gasteiger partial charge in [-0.2, -0.15) is 0 Å². The van der Waals surface area contributed by atoms with E-state index in [0.717, 1.165) is 52.3 Å². The minimum Gasteiger partial charge on any atom is -0.346 e. The Labute approximate surface area is 186 Å². The molecule has 5 rings (SSSR count). The molecule has 0 saturated carbocycles. The van der Waals surface area contributed by atoms with E-state index in [9.17, 15) is 4.79 Å². The van der Waals surface area contributed by atoms with Crippen molar-refractivity contribution >= 4 is 28.0 Å². The normalized spacial score (nSPS) is 11.3. The molecule has 0 saturated heterocycles. The maximum Gasteiger partial charge on any atom is 0.326 e. The van der Waals surface area contributed by atoms with Crippen molar-refractivity contribution in [3.63, 3.8) is 0 Å². The third-order valence-corrected chi connectivity index (χ3v) is 5.84. The van der Waals surface area contributed by atoms with Crippen LogP contribution in [0.5, 0.6) is 0 Å². The van der Waals surface area contributed by atoms with Crippen molar-refractivity contribution in [2.45, 2.75) is 26.2 Å². The minimum atomic E-state index is -0.0805. The van der Waals surface area contributed by atoms with Crippen LogP contribution in [0.15, 0.2) is 73.4 Å². The average molecular weight is 424 g/mol. The number of amides is 1. The summed E-state index contributed by atoms with van der Waals surface area (Å²) >= 11 is 0. The Balaban J connectivity index is 1.47. The van der Waals surface area contributed by atoms with Gasteiger partial charge in [-0.15, -0.1) is 0 Å². The molecule has 32 heavy (non-hydrogen) atoms. The Kier molecular flexibility index (Phi) is 5.42. The second kappa shape index (κ2) is 8.67. The molecule has 6 nitrogen and oxygen atoms in total. The van der Waals surface area contributed by atoms with Crippen molar-refractivity contribution in [1.29, 1.82) is 0 Å². The van der Waals surface area contributed by atoms with Crippen LogP contribution < -0.4 is 5.32 Å². The zero-order chi connectivity index (χ0) is 21.9. The number of aromatic nitrogens is 4. The third-order valence-electron chi connectivity index (χ3n) is 5.84. The summed E-state index contributed by atoms with van der Waals surface area (Å²) in [6.07, 6.45) is 12.2. The molecule has 1 amide bonds. The van der Waals surface area contributed by atoms with Crippen LogP contribution in [-0.2, 0) is 6.42 Å². The van der Waals surface area contributed by atoms with E-state index < -0.39 is 0 Å². The van der Waals surface area contributed by atoms with Gasteiger partial charge in [-0.1, -0.05) is 31.5 Å². The lowest BCUT2D eigenvalue weighted by Gasteiger charge is -2.08. The molecular weight excluding hydrogens is 398 g/mol. The zero-order valence-electron chi connectivity index (χ0n) is 18.0. The number of benzene rings is 1. The molecular formula is C26H25N5O. The number of aromatic amines is 1. The van der Waals surface area contributed by atoms with Crippen LogP contribution in [0.4, 0.5) is 4.79 Å². The van der Waals surface area contributed by atoms with Gasteiger partial charge in [0.2, 0.25) is 0 Å². The Bertz CT molecular complexity index is 1380. The van der Waals surface area contributed by atoms with Crippen molar-refractivity contribution in [2.75, 3.05) is 6.54 Å². The molecule has 160 valence electrons. The number of nitrogens with zero attached hydrogens (tertiary/aromatic N) is 3. The van der Waals surface area contributed by atoms with Crippen LogP contribution >= 0.6 is 0 Å². The number of carbonyl (C=O) groups is 1. The van der Waals surface area contributed by atoms with E-state index in [1.165, 1.54) is 11.1 Å². The van der Waals surface area contributed by atoms with Gasteiger partial charge in [-0.3, -0.25) is 9.55 Å². The van der Waals surface area contributed by atoms with E-state index >= 15 is 0 Å². The molecule has 2 N–H and O–H groups in total. The van der Waals surface area contributed by atoms with Crippen LogP contribution in [-0.4, -0.2) is 32.1 Å². The largest absolute Gasteiger partial charge is 0.346 e. The van der Waals surface area contributed by atoms with Crippen LogP contribution in [0.25, 0.3) is 33.1 Å². The maximum atomic E-state index is 12.6.